The van der Waals surface area contributed by atoms with Crippen molar-refractivity contribution in [1.82, 2.24) is 0 Å². The van der Waals surface area contributed by atoms with Gasteiger partial charge < -0.3 is 10.5 Å². The molecule has 0 fully saturated rings. The monoisotopic (exact) mass is 571 g/mol. The molecule has 0 saturated carbocycles. The number of nitriles is 1. The molecule has 3 aromatic carbocycles. The van der Waals surface area contributed by atoms with E-state index >= 15 is 0 Å². The van der Waals surface area contributed by atoms with Crippen LogP contribution >= 0.6 is 15.9 Å². The molecule has 7 heteroatoms. The van der Waals surface area contributed by atoms with Crippen molar-refractivity contribution in [3.8, 4) is 11.8 Å². The second-order valence-corrected chi connectivity index (χ2v) is 10.5. The summed E-state index contributed by atoms with van der Waals surface area (Å²) in [6.45, 7) is 4.26. The highest BCUT2D eigenvalue weighted by Gasteiger charge is 2.41. The van der Waals surface area contributed by atoms with E-state index in [-0.39, 0.29) is 18.2 Å². The molecule has 1 atom stereocenters. The highest BCUT2D eigenvalue weighted by Crippen LogP contribution is 2.48. The van der Waals surface area contributed by atoms with Crippen molar-refractivity contribution in [1.29, 1.82) is 5.26 Å². The van der Waals surface area contributed by atoms with Gasteiger partial charge in [-0.15, -0.1) is 0 Å². The topological polar surface area (TPSA) is 79.4 Å². The maximum Gasteiger partial charge on any atom is 0.161 e. The standard InChI is InChI=1S/C31H27BrFN3O2/c1-18-14-19(2)23(15-20(18)17-38-22-12-10-21(33)11-13-22)29-24(16-34)31(35)36(26-7-4-3-6-25(26)32)27-8-5-9-28(37)30(27)29/h3-4,6-7,10-15,29H,5,8-9,17,35H2,1-2H3. The maximum atomic E-state index is 13.5. The Morgan fingerprint density at radius 1 is 1.11 bits per heavy atom. The number of rotatable bonds is 5. The number of nitrogens with zero attached hydrogens (tertiary/aromatic N) is 2. The zero-order valence-corrected chi connectivity index (χ0v) is 22.8. The van der Waals surface area contributed by atoms with Crippen LogP contribution in [0.25, 0.3) is 0 Å². The fourth-order valence-corrected chi connectivity index (χ4v) is 5.84. The van der Waals surface area contributed by atoms with Crippen molar-refractivity contribution in [3.63, 3.8) is 0 Å². The number of allylic oxidation sites excluding steroid dienone is 3. The minimum absolute atomic E-state index is 0.0395. The van der Waals surface area contributed by atoms with Crippen LogP contribution in [-0.4, -0.2) is 5.78 Å². The summed E-state index contributed by atoms with van der Waals surface area (Å²) in [6, 6.07) is 20.0. The first kappa shape index (κ1) is 25.7. The first-order chi connectivity index (χ1) is 18.3. The van der Waals surface area contributed by atoms with Crippen LogP contribution in [0.4, 0.5) is 10.1 Å². The van der Waals surface area contributed by atoms with Gasteiger partial charge in [0.15, 0.2) is 5.78 Å². The number of anilines is 1. The van der Waals surface area contributed by atoms with E-state index in [2.05, 4.69) is 28.1 Å². The normalized spacial score (nSPS) is 17.4. The van der Waals surface area contributed by atoms with Crippen molar-refractivity contribution < 1.29 is 13.9 Å². The number of ether oxygens (including phenoxy) is 1. The zero-order chi connectivity index (χ0) is 27.0. The van der Waals surface area contributed by atoms with Crippen molar-refractivity contribution in [2.24, 2.45) is 5.73 Å². The van der Waals surface area contributed by atoms with E-state index in [9.17, 15) is 14.4 Å². The molecule has 0 radical (unpaired) electrons. The number of nitrogens with two attached hydrogens (primary N) is 1. The fraction of sp³-hybridized carbons (Fsp3) is 0.226. The quantitative estimate of drug-likeness (QED) is 0.353. The summed E-state index contributed by atoms with van der Waals surface area (Å²) < 4.78 is 20.1. The molecule has 5 nitrogen and oxygen atoms in total. The Morgan fingerprint density at radius 3 is 2.55 bits per heavy atom. The predicted octanol–water partition coefficient (Wildman–Crippen LogP) is 7.09. The molecule has 3 aromatic rings. The van der Waals surface area contributed by atoms with E-state index in [4.69, 9.17) is 10.5 Å². The third kappa shape index (κ3) is 4.61. The molecular formula is C31H27BrFN3O2. The summed E-state index contributed by atoms with van der Waals surface area (Å²) in [7, 11) is 0. The Balaban J connectivity index is 1.63. The molecule has 5 rings (SSSR count). The molecule has 1 aliphatic heterocycles. The number of para-hydroxylation sites is 1. The zero-order valence-electron chi connectivity index (χ0n) is 21.2. The number of carbonyl (C=O) groups excluding carboxylic acids is 1. The average Bonchev–Trinajstić information content (AvgIpc) is 2.89. The molecule has 2 aliphatic rings. The van der Waals surface area contributed by atoms with Gasteiger partial charge in [-0.2, -0.15) is 5.26 Å². The molecule has 0 spiro atoms. The van der Waals surface area contributed by atoms with E-state index in [0.717, 1.165) is 44.5 Å². The van der Waals surface area contributed by atoms with Crippen LogP contribution in [-0.2, 0) is 11.4 Å². The first-order valence-corrected chi connectivity index (χ1v) is 13.3. The van der Waals surface area contributed by atoms with Gasteiger partial charge in [0.25, 0.3) is 0 Å². The molecule has 0 aromatic heterocycles. The summed E-state index contributed by atoms with van der Waals surface area (Å²) in [4.78, 5) is 15.4. The van der Waals surface area contributed by atoms with Crippen molar-refractivity contribution in [3.05, 3.63) is 116 Å². The summed E-state index contributed by atoms with van der Waals surface area (Å²) in [5.74, 6) is 0.0462. The van der Waals surface area contributed by atoms with Gasteiger partial charge in [0.05, 0.1) is 23.2 Å². The predicted molar refractivity (Wildman–Crippen MR) is 149 cm³/mol. The largest absolute Gasteiger partial charge is 0.489 e. The highest BCUT2D eigenvalue weighted by molar-refractivity contribution is 9.10. The van der Waals surface area contributed by atoms with Crippen LogP contribution < -0.4 is 15.4 Å². The molecule has 38 heavy (non-hydrogen) atoms. The van der Waals surface area contributed by atoms with Gasteiger partial charge in [-0.3, -0.25) is 9.69 Å². The molecule has 0 saturated heterocycles. The third-order valence-electron chi connectivity index (χ3n) is 7.25. The van der Waals surface area contributed by atoms with Crippen LogP contribution in [0.5, 0.6) is 5.75 Å². The van der Waals surface area contributed by atoms with E-state index in [0.29, 0.717) is 35.6 Å². The number of Topliss-reactive ketones (excluding diaryl/α,β-unsaturated/α-hetero) is 1. The number of hydrogen-bond donors (Lipinski definition) is 1. The lowest BCUT2D eigenvalue weighted by molar-refractivity contribution is -0.116. The number of benzene rings is 3. The Morgan fingerprint density at radius 2 is 1.84 bits per heavy atom. The van der Waals surface area contributed by atoms with Crippen LogP contribution in [0.2, 0.25) is 0 Å². The summed E-state index contributed by atoms with van der Waals surface area (Å²) in [6.07, 6.45) is 1.84. The summed E-state index contributed by atoms with van der Waals surface area (Å²) >= 11 is 3.62. The lowest BCUT2D eigenvalue weighted by Crippen LogP contribution is -2.39. The van der Waals surface area contributed by atoms with Crippen molar-refractivity contribution >= 4 is 27.4 Å². The SMILES string of the molecule is Cc1cc(C)c(C2C(C#N)=C(N)N(c3ccccc3Br)C3=C2C(=O)CCC3)cc1COc1ccc(F)cc1. The average molecular weight is 572 g/mol. The van der Waals surface area contributed by atoms with Gasteiger partial charge in [-0.1, -0.05) is 24.3 Å². The van der Waals surface area contributed by atoms with E-state index in [1.165, 1.54) is 12.1 Å². The molecule has 1 unspecified atom stereocenters. The van der Waals surface area contributed by atoms with Crippen molar-refractivity contribution in [2.45, 2.75) is 45.6 Å². The highest BCUT2D eigenvalue weighted by atomic mass is 79.9. The summed E-state index contributed by atoms with van der Waals surface area (Å²) in [5, 5.41) is 10.4. The Kier molecular flexibility index (Phi) is 7.09. The molecule has 0 amide bonds. The molecule has 0 bridgehead atoms. The lowest BCUT2D eigenvalue weighted by Gasteiger charge is -2.40. The molecule has 1 aliphatic carbocycles. The Labute approximate surface area is 230 Å². The van der Waals surface area contributed by atoms with Gasteiger partial charge in [0.1, 0.15) is 24.0 Å². The minimum Gasteiger partial charge on any atom is -0.489 e. The number of carbonyl (C=O) groups is 1. The second kappa shape index (κ2) is 10.5. The van der Waals surface area contributed by atoms with Crippen LogP contribution in [0.1, 0.15) is 47.4 Å². The van der Waals surface area contributed by atoms with E-state index < -0.39 is 5.92 Å². The number of aryl methyl sites for hydroxylation is 2. The molecular weight excluding hydrogens is 545 g/mol. The Bertz CT molecular complexity index is 1540. The van der Waals surface area contributed by atoms with Gasteiger partial charge in [-0.05, 0) is 101 Å². The van der Waals surface area contributed by atoms with E-state index in [1.54, 1.807) is 12.1 Å². The van der Waals surface area contributed by atoms with Gasteiger partial charge in [0, 0.05) is 22.2 Å². The van der Waals surface area contributed by atoms with E-state index in [1.807, 2.05) is 49.1 Å². The number of halogens is 2. The molecule has 192 valence electrons. The first-order valence-electron chi connectivity index (χ1n) is 12.5. The Hall–Kier alpha value is -3.89. The van der Waals surface area contributed by atoms with Crippen LogP contribution in [0, 0.1) is 31.0 Å². The lowest BCUT2D eigenvalue weighted by atomic mass is 9.74. The number of hydrogen-bond acceptors (Lipinski definition) is 5. The van der Waals surface area contributed by atoms with Crippen LogP contribution in [0.3, 0.4) is 0 Å². The number of ketones is 1. The summed E-state index contributed by atoms with van der Waals surface area (Å²) in [5.41, 5.74) is 13.2. The second-order valence-electron chi connectivity index (χ2n) is 9.65. The van der Waals surface area contributed by atoms with Gasteiger partial charge >= 0.3 is 0 Å². The molecule has 2 N–H and O–H groups in total. The molecule has 1 heterocycles. The van der Waals surface area contributed by atoms with Crippen molar-refractivity contribution in [2.75, 3.05) is 4.90 Å². The maximum absolute atomic E-state index is 13.5. The van der Waals surface area contributed by atoms with Gasteiger partial charge in [0.2, 0.25) is 0 Å². The minimum atomic E-state index is -0.563. The third-order valence-corrected chi connectivity index (χ3v) is 7.92. The smallest absolute Gasteiger partial charge is 0.161 e. The van der Waals surface area contributed by atoms with Gasteiger partial charge in [-0.25, -0.2) is 4.39 Å². The van der Waals surface area contributed by atoms with Crippen LogP contribution in [0.15, 0.2) is 87.8 Å². The fourth-order valence-electron chi connectivity index (χ4n) is 5.38.